The van der Waals surface area contributed by atoms with Crippen molar-refractivity contribution < 1.29 is 27.2 Å². The third-order valence-corrected chi connectivity index (χ3v) is 3.95. The van der Waals surface area contributed by atoms with Gasteiger partial charge in [-0.15, -0.1) is 0 Å². The second-order valence-corrected chi connectivity index (χ2v) is 5.90. The van der Waals surface area contributed by atoms with E-state index in [1.165, 1.54) is 17.0 Å². The molecular formula is C16H18ClF3N2O3. The van der Waals surface area contributed by atoms with Gasteiger partial charge in [-0.1, -0.05) is 18.5 Å². The fraction of sp³-hybridized carbons (Fsp3) is 0.500. The van der Waals surface area contributed by atoms with E-state index in [0.29, 0.717) is 37.1 Å². The van der Waals surface area contributed by atoms with Crippen LogP contribution in [0.25, 0.3) is 11.0 Å². The maximum atomic E-state index is 13.0. The molecule has 0 N–H and O–H groups in total. The van der Waals surface area contributed by atoms with Crippen LogP contribution in [-0.4, -0.2) is 35.6 Å². The first kappa shape index (κ1) is 19.4. The summed E-state index contributed by atoms with van der Waals surface area (Å²) < 4.78 is 49.5. The molecule has 1 aromatic carbocycles. The number of carbonyl (C=O) groups is 1. The lowest BCUT2D eigenvalue weighted by molar-refractivity contribution is -0.141. The molecule has 2 aromatic rings. The molecule has 0 bridgehead atoms. The van der Waals surface area contributed by atoms with Crippen LogP contribution in [0.2, 0.25) is 0 Å². The van der Waals surface area contributed by atoms with Crippen LogP contribution in [0.5, 0.6) is 5.75 Å². The SMILES string of the molecule is CCCc1c(OCCCN(C)C(=O)Cl)ccc2c(C(F)(F)F)noc12. The predicted molar refractivity (Wildman–Crippen MR) is 87.0 cm³/mol. The van der Waals surface area contributed by atoms with E-state index in [0.717, 1.165) is 0 Å². The van der Waals surface area contributed by atoms with Crippen molar-refractivity contribution in [2.24, 2.45) is 0 Å². The zero-order chi connectivity index (χ0) is 18.6. The lowest BCUT2D eigenvalue weighted by atomic mass is 10.0. The van der Waals surface area contributed by atoms with Crippen molar-refractivity contribution in [1.82, 2.24) is 10.1 Å². The third kappa shape index (κ3) is 4.56. The molecule has 1 aromatic heterocycles. The predicted octanol–water partition coefficient (Wildman–Crippen LogP) is 4.86. The molecule has 1 amide bonds. The van der Waals surface area contributed by atoms with Crippen LogP contribution < -0.4 is 4.74 Å². The number of ether oxygens (including phenoxy) is 1. The molecule has 0 fully saturated rings. The van der Waals surface area contributed by atoms with E-state index < -0.39 is 17.2 Å². The molecule has 0 aliphatic rings. The smallest absolute Gasteiger partial charge is 0.437 e. The number of rotatable bonds is 7. The average molecular weight is 379 g/mol. The molecule has 0 saturated heterocycles. The summed E-state index contributed by atoms with van der Waals surface area (Å²) >= 11 is 5.33. The summed E-state index contributed by atoms with van der Waals surface area (Å²) in [5, 5.41) is 2.54. The minimum absolute atomic E-state index is 0.0734. The van der Waals surface area contributed by atoms with Crippen LogP contribution in [0.1, 0.15) is 31.0 Å². The molecule has 0 atom stereocenters. The Morgan fingerprint density at radius 3 is 2.72 bits per heavy atom. The Morgan fingerprint density at radius 2 is 2.12 bits per heavy atom. The monoisotopic (exact) mass is 378 g/mol. The molecule has 138 valence electrons. The Balaban J connectivity index is 2.19. The Bertz CT molecular complexity index is 746. The summed E-state index contributed by atoms with van der Waals surface area (Å²) in [6.07, 6.45) is -2.83. The van der Waals surface area contributed by atoms with Crippen molar-refractivity contribution in [2.75, 3.05) is 20.2 Å². The van der Waals surface area contributed by atoms with E-state index in [4.69, 9.17) is 20.9 Å². The number of aryl methyl sites for hydroxylation is 1. The van der Waals surface area contributed by atoms with Crippen molar-refractivity contribution in [3.63, 3.8) is 0 Å². The van der Waals surface area contributed by atoms with Gasteiger partial charge in [0.15, 0.2) is 11.3 Å². The number of hydrogen-bond acceptors (Lipinski definition) is 4. The van der Waals surface area contributed by atoms with Crippen molar-refractivity contribution in [2.45, 2.75) is 32.4 Å². The molecular weight excluding hydrogens is 361 g/mol. The van der Waals surface area contributed by atoms with Crippen LogP contribution in [0.3, 0.4) is 0 Å². The second-order valence-electron chi connectivity index (χ2n) is 5.57. The lowest BCUT2D eigenvalue weighted by Gasteiger charge is -2.15. The van der Waals surface area contributed by atoms with Crippen LogP contribution in [0.4, 0.5) is 18.0 Å². The highest BCUT2D eigenvalue weighted by Gasteiger charge is 2.37. The fourth-order valence-electron chi connectivity index (χ4n) is 2.44. The summed E-state index contributed by atoms with van der Waals surface area (Å²) in [4.78, 5) is 12.3. The zero-order valence-corrected chi connectivity index (χ0v) is 14.6. The molecule has 2 rings (SSSR count). The first-order chi connectivity index (χ1) is 11.8. The standard InChI is InChI=1S/C16H18ClF3N2O3/c1-3-5-10-12(24-9-4-8-22(2)15(17)23)7-6-11-13(10)25-21-14(11)16(18,19)20/h6-7H,3-5,8-9H2,1-2H3. The first-order valence-electron chi connectivity index (χ1n) is 7.77. The highest BCUT2D eigenvalue weighted by Crippen LogP contribution is 2.38. The van der Waals surface area contributed by atoms with Crippen LogP contribution in [0.15, 0.2) is 16.7 Å². The minimum Gasteiger partial charge on any atom is -0.493 e. The normalized spacial score (nSPS) is 11.8. The number of nitrogens with zero attached hydrogens (tertiary/aromatic N) is 2. The average Bonchev–Trinajstić information content (AvgIpc) is 2.97. The van der Waals surface area contributed by atoms with Gasteiger partial charge in [-0.25, -0.2) is 0 Å². The summed E-state index contributed by atoms with van der Waals surface area (Å²) in [6.45, 7) is 2.61. The van der Waals surface area contributed by atoms with Crippen molar-refractivity contribution in [3.8, 4) is 5.75 Å². The number of alkyl halides is 3. The Kier molecular flexibility index (Phi) is 6.16. The minimum atomic E-state index is -4.57. The van der Waals surface area contributed by atoms with Crippen LogP contribution in [-0.2, 0) is 12.6 Å². The molecule has 0 radical (unpaired) electrons. The first-order valence-corrected chi connectivity index (χ1v) is 8.15. The Morgan fingerprint density at radius 1 is 1.40 bits per heavy atom. The number of aromatic nitrogens is 1. The summed E-state index contributed by atoms with van der Waals surface area (Å²) in [6, 6.07) is 2.80. The molecule has 0 saturated carbocycles. The van der Waals surface area contributed by atoms with Gasteiger partial charge < -0.3 is 14.2 Å². The summed E-state index contributed by atoms with van der Waals surface area (Å²) in [5.74, 6) is 0.457. The maximum absolute atomic E-state index is 13.0. The lowest BCUT2D eigenvalue weighted by Crippen LogP contribution is -2.23. The molecule has 0 aliphatic heterocycles. The number of amides is 1. The van der Waals surface area contributed by atoms with Crippen molar-refractivity contribution in [1.29, 1.82) is 0 Å². The number of halogens is 4. The summed E-state index contributed by atoms with van der Waals surface area (Å²) in [5.41, 5.74) is -0.377. The topological polar surface area (TPSA) is 55.6 Å². The van der Waals surface area contributed by atoms with Gasteiger partial charge in [-0.2, -0.15) is 13.2 Å². The number of benzene rings is 1. The molecule has 9 heteroatoms. The summed E-state index contributed by atoms with van der Waals surface area (Å²) in [7, 11) is 1.57. The van der Waals surface area contributed by atoms with Gasteiger partial charge in [0.05, 0.1) is 12.0 Å². The van der Waals surface area contributed by atoms with Crippen molar-refractivity contribution in [3.05, 3.63) is 23.4 Å². The number of hydrogen-bond donors (Lipinski definition) is 0. The quantitative estimate of drug-likeness (QED) is 0.392. The van der Waals surface area contributed by atoms with Gasteiger partial charge >= 0.3 is 11.5 Å². The van der Waals surface area contributed by atoms with E-state index in [9.17, 15) is 18.0 Å². The van der Waals surface area contributed by atoms with Gasteiger partial charge in [0.2, 0.25) is 0 Å². The Labute approximate surface area is 147 Å². The van der Waals surface area contributed by atoms with Crippen LogP contribution >= 0.6 is 11.6 Å². The molecule has 1 heterocycles. The largest absolute Gasteiger partial charge is 0.493 e. The van der Waals surface area contributed by atoms with E-state index >= 15 is 0 Å². The molecule has 0 spiro atoms. The molecule has 25 heavy (non-hydrogen) atoms. The fourth-order valence-corrected chi connectivity index (χ4v) is 2.52. The maximum Gasteiger partial charge on any atom is 0.437 e. The Hall–Kier alpha value is -1.96. The van der Waals surface area contributed by atoms with Gasteiger partial charge in [0, 0.05) is 19.2 Å². The molecule has 5 nitrogen and oxygen atoms in total. The van der Waals surface area contributed by atoms with Crippen molar-refractivity contribution >= 4 is 27.9 Å². The number of fused-ring (bicyclic) bond motifs is 1. The van der Waals surface area contributed by atoms with Gasteiger partial charge in [0.1, 0.15) is 5.75 Å². The molecule has 0 unspecified atom stereocenters. The zero-order valence-electron chi connectivity index (χ0n) is 13.8. The second kappa shape index (κ2) is 7.95. The number of carbonyl (C=O) groups excluding carboxylic acids is 1. The van der Waals surface area contributed by atoms with Gasteiger partial charge in [0.25, 0.3) is 0 Å². The van der Waals surface area contributed by atoms with Gasteiger partial charge in [-0.3, -0.25) is 4.79 Å². The highest BCUT2D eigenvalue weighted by atomic mass is 35.5. The van der Waals surface area contributed by atoms with Crippen LogP contribution in [0, 0.1) is 0 Å². The third-order valence-electron chi connectivity index (χ3n) is 3.66. The van der Waals surface area contributed by atoms with E-state index in [1.807, 2.05) is 6.92 Å². The van der Waals surface area contributed by atoms with Gasteiger partial charge in [-0.05, 0) is 36.6 Å². The molecule has 0 aliphatic carbocycles. The van der Waals surface area contributed by atoms with E-state index in [2.05, 4.69) is 5.16 Å². The van der Waals surface area contributed by atoms with E-state index in [1.54, 1.807) is 7.05 Å². The van der Waals surface area contributed by atoms with E-state index in [-0.39, 0.29) is 17.6 Å². The highest BCUT2D eigenvalue weighted by molar-refractivity contribution is 6.62.